The molecule has 0 saturated carbocycles. The van der Waals surface area contributed by atoms with Gasteiger partial charge in [0.15, 0.2) is 0 Å². The lowest BCUT2D eigenvalue weighted by Crippen LogP contribution is -2.10. The second-order valence-electron chi connectivity index (χ2n) is 6.07. The fourth-order valence-corrected chi connectivity index (χ4v) is 2.47. The molecule has 2 rings (SSSR count). The van der Waals surface area contributed by atoms with Crippen LogP contribution in [0, 0.1) is 0 Å². The lowest BCUT2D eigenvalue weighted by atomic mass is 9.86. The number of hydrogen-bond donors (Lipinski definition) is 0. The topological polar surface area (TPSA) is 25.8 Å². The number of benzene rings is 1. The molecule has 0 aliphatic carbocycles. The Labute approximate surface area is 126 Å². The maximum atomic E-state index is 6.21. The molecule has 0 amide bonds. The van der Waals surface area contributed by atoms with Crippen molar-refractivity contribution in [3.8, 4) is 11.3 Å². The van der Waals surface area contributed by atoms with E-state index in [2.05, 4.69) is 61.9 Å². The van der Waals surface area contributed by atoms with Crippen molar-refractivity contribution >= 4 is 11.6 Å². The molecule has 0 spiro atoms. The Morgan fingerprint density at radius 3 is 2.25 bits per heavy atom. The highest BCUT2D eigenvalue weighted by molar-refractivity contribution is 6.30. The molecule has 0 atom stereocenters. The van der Waals surface area contributed by atoms with Crippen molar-refractivity contribution in [2.24, 2.45) is 0 Å². The van der Waals surface area contributed by atoms with Gasteiger partial charge in [0.05, 0.1) is 5.69 Å². The Bertz CT molecular complexity index is 583. The molecule has 106 valence electrons. The highest BCUT2D eigenvalue weighted by Gasteiger charge is 2.15. The maximum absolute atomic E-state index is 6.21. The molecular formula is C17H21ClN2. The summed E-state index contributed by atoms with van der Waals surface area (Å²) in [5.74, 6) is 0. The first-order valence-electron chi connectivity index (χ1n) is 7.03. The fourth-order valence-electron chi connectivity index (χ4n) is 2.24. The van der Waals surface area contributed by atoms with E-state index in [1.54, 1.807) is 0 Å². The van der Waals surface area contributed by atoms with Gasteiger partial charge in [-0.15, -0.1) is 0 Å². The van der Waals surface area contributed by atoms with Crippen LogP contribution in [-0.4, -0.2) is 9.97 Å². The molecule has 2 nitrogen and oxygen atoms in total. The summed E-state index contributed by atoms with van der Waals surface area (Å²) in [5, 5.41) is 0.566. The van der Waals surface area contributed by atoms with E-state index in [1.165, 1.54) is 11.9 Å². The van der Waals surface area contributed by atoms with Crippen molar-refractivity contribution in [1.82, 2.24) is 9.97 Å². The summed E-state index contributed by atoms with van der Waals surface area (Å²) in [7, 11) is 0. The van der Waals surface area contributed by atoms with Crippen LogP contribution in [-0.2, 0) is 11.8 Å². The molecule has 0 saturated heterocycles. The predicted molar refractivity (Wildman–Crippen MR) is 85.2 cm³/mol. The Hall–Kier alpha value is -1.41. The van der Waals surface area contributed by atoms with Gasteiger partial charge in [-0.3, -0.25) is 0 Å². The first kappa shape index (κ1) is 15.0. The van der Waals surface area contributed by atoms with Gasteiger partial charge in [-0.05, 0) is 17.4 Å². The van der Waals surface area contributed by atoms with E-state index < -0.39 is 0 Å². The van der Waals surface area contributed by atoms with Crippen molar-refractivity contribution in [3.05, 3.63) is 46.9 Å². The monoisotopic (exact) mass is 288 g/mol. The molecular weight excluding hydrogens is 268 g/mol. The van der Waals surface area contributed by atoms with Crippen LogP contribution in [0.2, 0.25) is 5.15 Å². The molecule has 1 heterocycles. The molecule has 3 heteroatoms. The largest absolute Gasteiger partial charge is 0.236 e. The van der Waals surface area contributed by atoms with E-state index >= 15 is 0 Å². The standard InChI is InChI=1S/C17H21ClN2/c1-5-6-14-15(19-11-20-16(14)18)12-7-9-13(10-8-12)17(2,3)4/h7-11H,5-6H2,1-4H3. The third-order valence-electron chi connectivity index (χ3n) is 3.42. The molecule has 20 heavy (non-hydrogen) atoms. The van der Waals surface area contributed by atoms with Crippen LogP contribution in [0.5, 0.6) is 0 Å². The number of rotatable bonds is 3. The summed E-state index contributed by atoms with van der Waals surface area (Å²) in [6.45, 7) is 8.78. The normalized spacial score (nSPS) is 11.7. The zero-order chi connectivity index (χ0) is 14.8. The van der Waals surface area contributed by atoms with Gasteiger partial charge in [0, 0.05) is 11.1 Å². The minimum absolute atomic E-state index is 0.161. The van der Waals surface area contributed by atoms with E-state index in [9.17, 15) is 0 Å². The molecule has 0 N–H and O–H groups in total. The van der Waals surface area contributed by atoms with Crippen LogP contribution >= 0.6 is 11.6 Å². The minimum Gasteiger partial charge on any atom is -0.236 e. The molecule has 2 aromatic rings. The van der Waals surface area contributed by atoms with Gasteiger partial charge in [0.25, 0.3) is 0 Å². The number of nitrogens with zero attached hydrogens (tertiary/aromatic N) is 2. The zero-order valence-electron chi connectivity index (χ0n) is 12.6. The van der Waals surface area contributed by atoms with Gasteiger partial charge in [0.1, 0.15) is 11.5 Å². The van der Waals surface area contributed by atoms with Gasteiger partial charge in [-0.1, -0.05) is 70.0 Å². The fraction of sp³-hybridized carbons (Fsp3) is 0.412. The summed E-state index contributed by atoms with van der Waals surface area (Å²) in [5.41, 5.74) is 4.57. The summed E-state index contributed by atoms with van der Waals surface area (Å²) in [6.07, 6.45) is 3.46. The van der Waals surface area contributed by atoms with Gasteiger partial charge in [0.2, 0.25) is 0 Å². The van der Waals surface area contributed by atoms with E-state index in [0.717, 1.165) is 29.7 Å². The Morgan fingerprint density at radius 2 is 1.70 bits per heavy atom. The molecule has 0 aliphatic rings. The van der Waals surface area contributed by atoms with Crippen LogP contribution in [0.3, 0.4) is 0 Å². The first-order chi connectivity index (χ1) is 9.43. The zero-order valence-corrected chi connectivity index (χ0v) is 13.3. The van der Waals surface area contributed by atoms with Crippen LogP contribution in [0.4, 0.5) is 0 Å². The van der Waals surface area contributed by atoms with Crippen LogP contribution < -0.4 is 0 Å². The third kappa shape index (κ3) is 3.18. The summed E-state index contributed by atoms with van der Waals surface area (Å²) >= 11 is 6.21. The Kier molecular flexibility index (Phi) is 4.44. The SMILES string of the molecule is CCCc1c(Cl)ncnc1-c1ccc(C(C)(C)C)cc1. The lowest BCUT2D eigenvalue weighted by Gasteiger charge is -2.19. The molecule has 0 unspecified atom stereocenters. The average molecular weight is 289 g/mol. The summed E-state index contributed by atoms with van der Waals surface area (Å²) < 4.78 is 0. The van der Waals surface area contributed by atoms with Crippen LogP contribution in [0.25, 0.3) is 11.3 Å². The quantitative estimate of drug-likeness (QED) is 0.739. The lowest BCUT2D eigenvalue weighted by molar-refractivity contribution is 0.590. The molecule has 0 fully saturated rings. The molecule has 0 radical (unpaired) electrons. The highest BCUT2D eigenvalue weighted by Crippen LogP contribution is 2.29. The van der Waals surface area contributed by atoms with Gasteiger partial charge in [-0.25, -0.2) is 9.97 Å². The van der Waals surface area contributed by atoms with Crippen molar-refractivity contribution < 1.29 is 0 Å². The maximum Gasteiger partial charge on any atom is 0.136 e. The molecule has 0 bridgehead atoms. The average Bonchev–Trinajstić information content (AvgIpc) is 2.40. The second kappa shape index (κ2) is 5.92. The second-order valence-corrected chi connectivity index (χ2v) is 6.43. The Morgan fingerprint density at radius 1 is 1.05 bits per heavy atom. The van der Waals surface area contributed by atoms with Gasteiger partial charge < -0.3 is 0 Å². The van der Waals surface area contributed by atoms with E-state index in [0.29, 0.717) is 5.15 Å². The predicted octanol–water partition coefficient (Wildman–Crippen LogP) is 5.05. The van der Waals surface area contributed by atoms with E-state index in [4.69, 9.17) is 11.6 Å². The molecule has 1 aromatic heterocycles. The first-order valence-corrected chi connectivity index (χ1v) is 7.41. The van der Waals surface area contributed by atoms with Crippen molar-refractivity contribution in [2.75, 3.05) is 0 Å². The summed E-state index contributed by atoms with van der Waals surface area (Å²) in [6, 6.07) is 8.58. The van der Waals surface area contributed by atoms with E-state index in [1.807, 2.05) is 0 Å². The highest BCUT2D eigenvalue weighted by atomic mass is 35.5. The molecule has 1 aromatic carbocycles. The summed E-state index contributed by atoms with van der Waals surface area (Å²) in [4.78, 5) is 8.52. The third-order valence-corrected chi connectivity index (χ3v) is 3.74. The van der Waals surface area contributed by atoms with Crippen LogP contribution in [0.1, 0.15) is 45.2 Å². The number of aromatic nitrogens is 2. The van der Waals surface area contributed by atoms with Gasteiger partial charge in [-0.2, -0.15) is 0 Å². The van der Waals surface area contributed by atoms with Crippen molar-refractivity contribution in [1.29, 1.82) is 0 Å². The van der Waals surface area contributed by atoms with Crippen LogP contribution in [0.15, 0.2) is 30.6 Å². The minimum atomic E-state index is 0.161. The Balaban J connectivity index is 2.44. The number of halogens is 1. The van der Waals surface area contributed by atoms with Gasteiger partial charge >= 0.3 is 0 Å². The molecule has 0 aliphatic heterocycles. The smallest absolute Gasteiger partial charge is 0.136 e. The number of hydrogen-bond acceptors (Lipinski definition) is 2. The van der Waals surface area contributed by atoms with Crippen molar-refractivity contribution in [3.63, 3.8) is 0 Å². The van der Waals surface area contributed by atoms with E-state index in [-0.39, 0.29) is 5.41 Å². The van der Waals surface area contributed by atoms with Crippen molar-refractivity contribution in [2.45, 2.75) is 46.0 Å².